The van der Waals surface area contributed by atoms with E-state index in [1.807, 2.05) is 20.8 Å². The molecule has 1 heterocycles. The molecule has 1 aromatic heterocycles. The van der Waals surface area contributed by atoms with Gasteiger partial charge in [0.05, 0.1) is 13.2 Å². The minimum absolute atomic E-state index is 0.0820. The third-order valence-electron chi connectivity index (χ3n) is 2.47. The Morgan fingerprint density at radius 3 is 2.57 bits per heavy atom. The van der Waals surface area contributed by atoms with E-state index in [1.54, 1.807) is 11.9 Å². The van der Waals surface area contributed by atoms with Crippen LogP contribution in [0.25, 0.3) is 0 Å². The number of hydrogen-bond acceptors (Lipinski definition) is 7. The van der Waals surface area contributed by atoms with E-state index in [-0.39, 0.29) is 18.5 Å². The lowest BCUT2D eigenvalue weighted by atomic mass is 10.5. The minimum Gasteiger partial charge on any atom is -0.463 e. The van der Waals surface area contributed by atoms with Crippen LogP contribution in [-0.2, 0) is 4.79 Å². The molecule has 0 spiro atoms. The van der Waals surface area contributed by atoms with Crippen LogP contribution in [-0.4, -0.2) is 54.1 Å². The second-order valence-electron chi connectivity index (χ2n) is 4.43. The number of likely N-dealkylation sites (N-methyl/N-ethyl adjacent to an activating group) is 2. The lowest BCUT2D eigenvalue weighted by Gasteiger charge is -2.17. The van der Waals surface area contributed by atoms with Crippen molar-refractivity contribution in [2.45, 2.75) is 27.2 Å². The lowest BCUT2D eigenvalue weighted by molar-refractivity contribution is -0.119. The number of rotatable bonds is 9. The highest BCUT2D eigenvalue weighted by atomic mass is 16.5. The van der Waals surface area contributed by atoms with Gasteiger partial charge in [-0.15, -0.1) is 0 Å². The Balaban J connectivity index is 2.87. The quantitative estimate of drug-likeness (QED) is 0.691. The number of anilines is 2. The molecule has 0 fully saturated rings. The van der Waals surface area contributed by atoms with Crippen molar-refractivity contribution in [3.05, 3.63) is 0 Å². The zero-order valence-corrected chi connectivity index (χ0v) is 13.1. The topological polar surface area (TPSA) is 92.3 Å². The fourth-order valence-corrected chi connectivity index (χ4v) is 1.55. The van der Waals surface area contributed by atoms with Crippen molar-refractivity contribution >= 4 is 17.8 Å². The summed E-state index contributed by atoms with van der Waals surface area (Å²) in [5.74, 6) is 0.760. The number of carbonyl (C=O) groups is 1. The number of aromatic nitrogens is 3. The summed E-state index contributed by atoms with van der Waals surface area (Å²) in [4.78, 5) is 26.0. The molecule has 0 aromatic carbocycles. The molecule has 1 amide bonds. The zero-order valence-electron chi connectivity index (χ0n) is 13.1. The van der Waals surface area contributed by atoms with Crippen LogP contribution < -0.4 is 20.3 Å². The van der Waals surface area contributed by atoms with E-state index in [4.69, 9.17) is 4.74 Å². The van der Waals surface area contributed by atoms with Crippen molar-refractivity contribution in [2.75, 3.05) is 43.5 Å². The first-order chi connectivity index (χ1) is 10.1. The predicted octanol–water partition coefficient (Wildman–Crippen LogP) is 0.664. The summed E-state index contributed by atoms with van der Waals surface area (Å²) in [6.45, 7) is 7.84. The van der Waals surface area contributed by atoms with Gasteiger partial charge in [-0.05, 0) is 20.3 Å². The van der Waals surface area contributed by atoms with E-state index in [0.717, 1.165) is 6.42 Å². The number of amides is 1. The monoisotopic (exact) mass is 296 g/mol. The van der Waals surface area contributed by atoms with E-state index in [2.05, 4.69) is 25.6 Å². The number of carbonyl (C=O) groups excluding carboxylic acids is 1. The van der Waals surface area contributed by atoms with E-state index >= 15 is 0 Å². The van der Waals surface area contributed by atoms with Crippen LogP contribution in [0.3, 0.4) is 0 Å². The van der Waals surface area contributed by atoms with Crippen LogP contribution in [0.15, 0.2) is 0 Å². The van der Waals surface area contributed by atoms with Gasteiger partial charge in [0.15, 0.2) is 0 Å². The molecular weight excluding hydrogens is 272 g/mol. The number of hydrogen-bond donors (Lipinski definition) is 2. The molecule has 0 aliphatic carbocycles. The SMILES string of the molecule is CCCOc1nc(NCC)nc(N(C)CC(=O)NCC)n1. The number of nitrogens with zero attached hydrogens (tertiary/aromatic N) is 4. The first kappa shape index (κ1) is 16.9. The summed E-state index contributed by atoms with van der Waals surface area (Å²) in [7, 11) is 1.75. The Morgan fingerprint density at radius 1 is 1.19 bits per heavy atom. The molecule has 0 saturated carbocycles. The fourth-order valence-electron chi connectivity index (χ4n) is 1.55. The first-order valence-corrected chi connectivity index (χ1v) is 7.21. The zero-order chi connectivity index (χ0) is 15.7. The van der Waals surface area contributed by atoms with E-state index in [9.17, 15) is 4.79 Å². The van der Waals surface area contributed by atoms with Crippen molar-refractivity contribution < 1.29 is 9.53 Å². The average molecular weight is 296 g/mol. The molecule has 8 nitrogen and oxygen atoms in total. The predicted molar refractivity (Wildman–Crippen MR) is 81.7 cm³/mol. The summed E-state index contributed by atoms with van der Waals surface area (Å²) < 4.78 is 5.46. The van der Waals surface area contributed by atoms with Crippen LogP contribution in [0.2, 0.25) is 0 Å². The first-order valence-electron chi connectivity index (χ1n) is 7.21. The summed E-state index contributed by atoms with van der Waals surface area (Å²) in [6, 6.07) is 0.264. The van der Waals surface area contributed by atoms with Gasteiger partial charge in [-0.2, -0.15) is 15.0 Å². The van der Waals surface area contributed by atoms with Crippen LogP contribution in [0.1, 0.15) is 27.2 Å². The summed E-state index contributed by atoms with van der Waals surface area (Å²) in [5.41, 5.74) is 0. The largest absolute Gasteiger partial charge is 0.463 e. The van der Waals surface area contributed by atoms with Crippen molar-refractivity contribution in [1.82, 2.24) is 20.3 Å². The molecule has 1 rings (SSSR count). The standard InChI is InChI=1S/C13H24N6O2/c1-5-8-21-13-17-11(15-7-3)16-12(18-13)19(4)9-10(20)14-6-2/h5-9H2,1-4H3,(H,14,20)(H,15,16,17,18). The van der Waals surface area contributed by atoms with Crippen LogP contribution in [0.5, 0.6) is 6.01 Å². The number of ether oxygens (including phenoxy) is 1. The smallest absolute Gasteiger partial charge is 0.323 e. The van der Waals surface area contributed by atoms with E-state index in [0.29, 0.717) is 31.6 Å². The molecule has 0 radical (unpaired) electrons. The molecule has 8 heteroatoms. The average Bonchev–Trinajstić information content (AvgIpc) is 2.45. The Hall–Kier alpha value is -2.12. The van der Waals surface area contributed by atoms with E-state index in [1.165, 1.54) is 0 Å². The summed E-state index contributed by atoms with van der Waals surface area (Å²) in [5, 5.41) is 5.76. The van der Waals surface area contributed by atoms with Gasteiger partial charge in [0.1, 0.15) is 0 Å². The van der Waals surface area contributed by atoms with Gasteiger partial charge in [0, 0.05) is 20.1 Å². The van der Waals surface area contributed by atoms with Gasteiger partial charge in [0.2, 0.25) is 17.8 Å². The van der Waals surface area contributed by atoms with Crippen molar-refractivity contribution in [1.29, 1.82) is 0 Å². The van der Waals surface area contributed by atoms with Gasteiger partial charge in [-0.1, -0.05) is 6.92 Å². The molecule has 0 bridgehead atoms. The maximum Gasteiger partial charge on any atom is 0.323 e. The second-order valence-corrected chi connectivity index (χ2v) is 4.43. The van der Waals surface area contributed by atoms with Crippen LogP contribution >= 0.6 is 0 Å². The molecule has 2 N–H and O–H groups in total. The molecule has 118 valence electrons. The molecule has 0 unspecified atom stereocenters. The van der Waals surface area contributed by atoms with Gasteiger partial charge in [-0.25, -0.2) is 0 Å². The van der Waals surface area contributed by atoms with Crippen LogP contribution in [0.4, 0.5) is 11.9 Å². The van der Waals surface area contributed by atoms with Crippen molar-refractivity contribution in [3.8, 4) is 6.01 Å². The molecule has 21 heavy (non-hydrogen) atoms. The molecule has 1 aromatic rings. The molecule has 0 saturated heterocycles. The van der Waals surface area contributed by atoms with Crippen LogP contribution in [0, 0.1) is 0 Å². The molecule has 0 aliphatic rings. The van der Waals surface area contributed by atoms with Gasteiger partial charge in [-0.3, -0.25) is 4.79 Å². The molecule has 0 atom stereocenters. The Bertz CT molecular complexity index is 454. The number of nitrogens with one attached hydrogen (secondary N) is 2. The Morgan fingerprint density at radius 2 is 1.95 bits per heavy atom. The van der Waals surface area contributed by atoms with Gasteiger partial charge >= 0.3 is 6.01 Å². The van der Waals surface area contributed by atoms with Gasteiger partial charge < -0.3 is 20.3 Å². The summed E-state index contributed by atoms with van der Waals surface area (Å²) in [6.07, 6.45) is 0.867. The minimum atomic E-state index is -0.0820. The van der Waals surface area contributed by atoms with Crippen molar-refractivity contribution in [2.24, 2.45) is 0 Å². The van der Waals surface area contributed by atoms with Crippen molar-refractivity contribution in [3.63, 3.8) is 0 Å². The lowest BCUT2D eigenvalue weighted by Crippen LogP contribution is -2.35. The maximum absolute atomic E-state index is 11.6. The highest BCUT2D eigenvalue weighted by Crippen LogP contribution is 2.14. The molecule has 0 aliphatic heterocycles. The summed E-state index contributed by atoms with van der Waals surface area (Å²) >= 11 is 0. The van der Waals surface area contributed by atoms with E-state index < -0.39 is 0 Å². The second kappa shape index (κ2) is 8.93. The third-order valence-corrected chi connectivity index (χ3v) is 2.47. The third kappa shape index (κ3) is 5.80. The highest BCUT2D eigenvalue weighted by molar-refractivity contribution is 5.80. The maximum atomic E-state index is 11.6. The normalized spacial score (nSPS) is 10.1. The Labute approximate surface area is 125 Å². The van der Waals surface area contributed by atoms with Gasteiger partial charge in [0.25, 0.3) is 0 Å². The Kier molecular flexibility index (Phi) is 7.20. The fraction of sp³-hybridized carbons (Fsp3) is 0.692. The molecular formula is C13H24N6O2. The highest BCUT2D eigenvalue weighted by Gasteiger charge is 2.13.